The number of ether oxygens (including phenoxy) is 1. The molecule has 0 spiro atoms. The van der Waals surface area contributed by atoms with E-state index in [-0.39, 0.29) is 34.6 Å². The van der Waals surface area contributed by atoms with E-state index < -0.39 is 12.0 Å². The van der Waals surface area contributed by atoms with E-state index in [0.29, 0.717) is 17.9 Å². The van der Waals surface area contributed by atoms with Crippen molar-refractivity contribution >= 4 is 33.4 Å². The molecule has 2 bridgehead atoms. The average molecular weight is 558 g/mol. The van der Waals surface area contributed by atoms with Gasteiger partial charge in [-0.1, -0.05) is 77.1 Å². The van der Waals surface area contributed by atoms with Gasteiger partial charge in [0, 0.05) is 33.5 Å². The Morgan fingerprint density at radius 1 is 1.05 bits per heavy atom. The number of methoxy groups -OCH3 is 1. The van der Waals surface area contributed by atoms with Crippen molar-refractivity contribution in [2.24, 2.45) is 11.8 Å². The molecule has 0 aromatic heterocycles. The molecule has 188 valence electrons. The number of aliphatic carboxylic acids is 1. The summed E-state index contributed by atoms with van der Waals surface area (Å²) in [5, 5.41) is 10.5. The van der Waals surface area contributed by atoms with Gasteiger partial charge in [-0.3, -0.25) is 4.79 Å². The maximum Gasteiger partial charge on any atom is 0.326 e. The third-order valence-corrected chi connectivity index (χ3v) is 9.44. The molecular formula is C31H28BrNO4. The lowest BCUT2D eigenvalue weighted by Gasteiger charge is -2.56. The van der Waals surface area contributed by atoms with Gasteiger partial charge >= 0.3 is 5.97 Å². The Morgan fingerprint density at radius 3 is 2.49 bits per heavy atom. The third-order valence-electron chi connectivity index (χ3n) is 8.91. The average Bonchev–Trinajstić information content (AvgIpc) is 3.35. The lowest BCUT2D eigenvalue weighted by atomic mass is 9.47. The van der Waals surface area contributed by atoms with Crippen molar-refractivity contribution in [1.29, 1.82) is 0 Å². The summed E-state index contributed by atoms with van der Waals surface area (Å²) in [7, 11) is 1.55. The summed E-state index contributed by atoms with van der Waals surface area (Å²) in [6, 6.07) is 23.2. The Balaban J connectivity index is 1.48. The quantitative estimate of drug-likeness (QED) is 0.398. The fourth-order valence-electron chi connectivity index (χ4n) is 7.50. The number of likely N-dealkylation sites (tertiary alicyclic amines) is 1. The first-order chi connectivity index (χ1) is 17.9. The van der Waals surface area contributed by atoms with Crippen LogP contribution in [0.1, 0.15) is 41.0 Å². The van der Waals surface area contributed by atoms with Crippen LogP contribution in [0.5, 0.6) is 5.75 Å². The minimum atomic E-state index is -0.954. The second-order valence-corrected chi connectivity index (χ2v) is 11.2. The zero-order valence-corrected chi connectivity index (χ0v) is 22.1. The van der Waals surface area contributed by atoms with Gasteiger partial charge in [-0.2, -0.15) is 0 Å². The van der Waals surface area contributed by atoms with E-state index in [2.05, 4.69) is 65.0 Å². The van der Waals surface area contributed by atoms with Crippen molar-refractivity contribution in [3.8, 4) is 5.75 Å². The van der Waals surface area contributed by atoms with E-state index in [0.717, 1.165) is 17.3 Å². The van der Waals surface area contributed by atoms with Gasteiger partial charge in [-0.25, -0.2) is 4.79 Å². The summed E-state index contributed by atoms with van der Waals surface area (Å²) >= 11 is 3.56. The lowest BCUT2D eigenvalue weighted by Crippen LogP contribution is -2.53. The van der Waals surface area contributed by atoms with E-state index in [1.54, 1.807) is 24.1 Å². The van der Waals surface area contributed by atoms with E-state index in [1.165, 1.54) is 16.7 Å². The molecule has 1 N–H and O–H groups in total. The molecule has 5 nitrogen and oxygen atoms in total. The molecule has 5 atom stereocenters. The Morgan fingerprint density at radius 2 is 1.76 bits per heavy atom. The van der Waals surface area contributed by atoms with Gasteiger partial charge < -0.3 is 14.7 Å². The zero-order chi connectivity index (χ0) is 25.9. The predicted octanol–water partition coefficient (Wildman–Crippen LogP) is 5.88. The van der Waals surface area contributed by atoms with Crippen LogP contribution in [0, 0.1) is 11.8 Å². The molecule has 6 heteroatoms. The van der Waals surface area contributed by atoms with Crippen LogP contribution in [0.4, 0.5) is 0 Å². The molecule has 3 aliphatic carbocycles. The number of benzene rings is 3. The number of halogens is 1. The number of rotatable bonds is 5. The number of fused-ring (bicyclic) bond motifs is 1. The summed E-state index contributed by atoms with van der Waals surface area (Å²) in [5.41, 5.74) is 4.16. The number of nitrogens with zero attached hydrogens (tertiary/aromatic N) is 1. The van der Waals surface area contributed by atoms with Crippen LogP contribution >= 0.6 is 15.9 Å². The van der Waals surface area contributed by atoms with Crippen LogP contribution in [0.25, 0.3) is 5.57 Å². The molecule has 1 aliphatic heterocycles. The maximum absolute atomic E-state index is 14.0. The first kappa shape index (κ1) is 24.0. The summed E-state index contributed by atoms with van der Waals surface area (Å²) in [6.07, 6.45) is 1.83. The van der Waals surface area contributed by atoms with E-state index in [1.807, 2.05) is 18.2 Å². The highest BCUT2D eigenvalue weighted by Gasteiger charge is 2.64. The van der Waals surface area contributed by atoms with Gasteiger partial charge in [0.15, 0.2) is 0 Å². The maximum atomic E-state index is 14.0. The monoisotopic (exact) mass is 557 g/mol. The van der Waals surface area contributed by atoms with Crippen molar-refractivity contribution in [1.82, 2.24) is 4.90 Å². The van der Waals surface area contributed by atoms with Gasteiger partial charge in [0.2, 0.25) is 0 Å². The second-order valence-electron chi connectivity index (χ2n) is 10.3. The molecule has 37 heavy (non-hydrogen) atoms. The van der Waals surface area contributed by atoms with Crippen LogP contribution in [-0.4, -0.2) is 41.6 Å². The standard InChI is InChI=1S/C31H28BrNO4/c1-18(21-7-4-6-10-26(21)37-2)29(34)33-17-25-27(28(33)30(35)36)23-15-16-31(25,19-11-13-20(32)14-12-19)24-9-5-3-8-22(23)24/h3-14,23,25,27-28H,1,15-17H2,2H3,(H,35,36). The van der Waals surface area contributed by atoms with Crippen molar-refractivity contribution in [2.75, 3.05) is 13.7 Å². The van der Waals surface area contributed by atoms with E-state index in [4.69, 9.17) is 4.74 Å². The van der Waals surface area contributed by atoms with Crippen molar-refractivity contribution in [2.45, 2.75) is 30.2 Å². The normalized spacial score (nSPS) is 27.4. The predicted molar refractivity (Wildman–Crippen MR) is 145 cm³/mol. The molecule has 1 amide bonds. The highest BCUT2D eigenvalue weighted by atomic mass is 79.9. The molecule has 7 rings (SSSR count). The van der Waals surface area contributed by atoms with Crippen molar-refractivity contribution < 1.29 is 19.4 Å². The van der Waals surface area contributed by atoms with E-state index in [9.17, 15) is 14.7 Å². The van der Waals surface area contributed by atoms with E-state index >= 15 is 0 Å². The molecule has 1 saturated carbocycles. The van der Waals surface area contributed by atoms with Gasteiger partial charge in [-0.15, -0.1) is 0 Å². The Bertz CT molecular complexity index is 1420. The number of amides is 1. The lowest BCUT2D eigenvalue weighted by molar-refractivity contribution is -0.148. The summed E-state index contributed by atoms with van der Waals surface area (Å²) in [6.45, 7) is 4.47. The molecule has 5 unspecified atom stereocenters. The molecule has 1 saturated heterocycles. The van der Waals surface area contributed by atoms with Gasteiger partial charge in [0.1, 0.15) is 11.8 Å². The molecule has 4 aliphatic rings. The van der Waals surface area contributed by atoms with Gasteiger partial charge in [0.05, 0.1) is 7.11 Å². The first-order valence-corrected chi connectivity index (χ1v) is 13.4. The van der Waals surface area contributed by atoms with Crippen LogP contribution in [0.2, 0.25) is 0 Å². The number of carboxylic acid groups (broad SMARTS) is 1. The van der Waals surface area contributed by atoms with Crippen molar-refractivity contribution in [3.05, 3.63) is 106 Å². The summed E-state index contributed by atoms with van der Waals surface area (Å²) in [5.74, 6) is -0.859. The molecule has 2 fully saturated rings. The SMILES string of the molecule is C=C(C(=O)N1CC2C(C3CCC2(c2ccc(Br)cc2)c2ccccc23)C1C(=O)O)c1ccccc1OC. The second kappa shape index (κ2) is 8.88. The van der Waals surface area contributed by atoms with Crippen LogP contribution in [-0.2, 0) is 15.0 Å². The molecule has 3 aromatic carbocycles. The molecule has 3 aromatic rings. The molecular weight excluding hydrogens is 530 g/mol. The largest absolute Gasteiger partial charge is 0.496 e. The minimum Gasteiger partial charge on any atom is -0.496 e. The third kappa shape index (κ3) is 3.42. The van der Waals surface area contributed by atoms with Crippen LogP contribution in [0.3, 0.4) is 0 Å². The van der Waals surface area contributed by atoms with Crippen molar-refractivity contribution in [3.63, 3.8) is 0 Å². The summed E-state index contributed by atoms with van der Waals surface area (Å²) in [4.78, 5) is 28.4. The zero-order valence-electron chi connectivity index (χ0n) is 20.6. The minimum absolute atomic E-state index is 0.0159. The van der Waals surface area contributed by atoms with Crippen LogP contribution < -0.4 is 4.74 Å². The van der Waals surface area contributed by atoms with Gasteiger partial charge in [0.25, 0.3) is 5.91 Å². The number of carbonyl (C=O) groups is 2. The number of hydrogen-bond acceptors (Lipinski definition) is 3. The fourth-order valence-corrected chi connectivity index (χ4v) is 7.76. The number of carboxylic acids is 1. The Kier molecular flexibility index (Phi) is 5.75. The highest BCUT2D eigenvalue weighted by molar-refractivity contribution is 9.10. The fraction of sp³-hybridized carbons (Fsp3) is 0.290. The van der Waals surface area contributed by atoms with Gasteiger partial charge in [-0.05, 0) is 59.6 Å². The number of para-hydroxylation sites is 1. The summed E-state index contributed by atoms with van der Waals surface area (Å²) < 4.78 is 6.47. The Hall–Kier alpha value is -3.38. The van der Waals surface area contributed by atoms with Crippen LogP contribution in [0.15, 0.2) is 83.8 Å². The smallest absolute Gasteiger partial charge is 0.326 e. The highest BCUT2D eigenvalue weighted by Crippen LogP contribution is 2.65. The number of hydrogen-bond donors (Lipinski definition) is 1. The topological polar surface area (TPSA) is 66.8 Å². The Labute approximate surface area is 224 Å². The molecule has 0 radical (unpaired) electrons. The first-order valence-electron chi connectivity index (χ1n) is 12.6. The molecule has 1 heterocycles. The number of carbonyl (C=O) groups excluding carboxylic acids is 1.